The number of sulfonamides is 1. The van der Waals surface area contributed by atoms with E-state index in [1.54, 1.807) is 33.3 Å². The van der Waals surface area contributed by atoms with Crippen molar-refractivity contribution in [1.82, 2.24) is 24.0 Å². The molecule has 0 bridgehead atoms. The minimum absolute atomic E-state index is 0.0945. The van der Waals surface area contributed by atoms with Crippen molar-refractivity contribution in [3.63, 3.8) is 0 Å². The van der Waals surface area contributed by atoms with Gasteiger partial charge in [0.1, 0.15) is 10.7 Å². The highest BCUT2D eigenvalue weighted by Crippen LogP contribution is 2.34. The number of benzene rings is 2. The van der Waals surface area contributed by atoms with Crippen LogP contribution < -0.4 is 0 Å². The van der Waals surface area contributed by atoms with Gasteiger partial charge in [0.15, 0.2) is 0 Å². The van der Waals surface area contributed by atoms with Crippen LogP contribution in [0, 0.1) is 25.6 Å². The summed E-state index contributed by atoms with van der Waals surface area (Å²) in [5, 5.41) is 5.51. The first-order valence-electron chi connectivity index (χ1n) is 12.5. The maximum absolute atomic E-state index is 13.5. The standard InChI is InChI=1S/C28H32FN5O2S/c1-19(2)17-32-11-12-33(37(35,36)25-10-5-21(4)30-16-25)18-28(32)26-14-22-15-31-34(27(22)13-20(26)3)24-8-6-23(29)7-9-24/h5-10,13-16,19,28H,11-12,17-18H2,1-4H3/t28-/m0/s1. The minimum atomic E-state index is -3.67. The minimum Gasteiger partial charge on any atom is -0.293 e. The molecule has 0 unspecified atom stereocenters. The van der Waals surface area contributed by atoms with E-state index in [9.17, 15) is 12.8 Å². The fourth-order valence-electron chi connectivity index (χ4n) is 5.10. The number of hydrogen-bond donors (Lipinski definition) is 0. The SMILES string of the molecule is Cc1ccc(S(=O)(=O)N2CCN(CC(C)C)[C@H](c3cc4cnn(-c5ccc(F)cc5)c4cc3C)C2)cn1. The Morgan fingerprint density at radius 3 is 2.46 bits per heavy atom. The van der Waals surface area contributed by atoms with E-state index in [1.165, 1.54) is 18.3 Å². The highest BCUT2D eigenvalue weighted by molar-refractivity contribution is 7.89. The van der Waals surface area contributed by atoms with Crippen LogP contribution in [0.5, 0.6) is 0 Å². The van der Waals surface area contributed by atoms with Gasteiger partial charge in [-0.3, -0.25) is 9.88 Å². The number of aromatic nitrogens is 3. The molecule has 2 aromatic heterocycles. The zero-order chi connectivity index (χ0) is 26.3. The first-order chi connectivity index (χ1) is 17.6. The van der Waals surface area contributed by atoms with Crippen molar-refractivity contribution in [2.24, 2.45) is 5.92 Å². The molecule has 0 spiro atoms. The van der Waals surface area contributed by atoms with Gasteiger partial charge >= 0.3 is 0 Å². The molecule has 0 aliphatic carbocycles. The summed E-state index contributed by atoms with van der Waals surface area (Å²) >= 11 is 0. The number of hydrogen-bond acceptors (Lipinski definition) is 5. The van der Waals surface area contributed by atoms with Crippen LogP contribution in [0.15, 0.2) is 65.8 Å². The number of aryl methyl sites for hydroxylation is 2. The summed E-state index contributed by atoms with van der Waals surface area (Å²) in [6, 6.07) is 13.7. The molecule has 0 N–H and O–H groups in total. The van der Waals surface area contributed by atoms with Crippen LogP contribution >= 0.6 is 0 Å². The van der Waals surface area contributed by atoms with E-state index >= 15 is 0 Å². The first-order valence-corrected chi connectivity index (χ1v) is 14.0. The van der Waals surface area contributed by atoms with E-state index in [0.29, 0.717) is 25.6 Å². The van der Waals surface area contributed by atoms with Crippen LogP contribution in [0.2, 0.25) is 0 Å². The van der Waals surface area contributed by atoms with Gasteiger partial charge in [-0.1, -0.05) is 13.8 Å². The highest BCUT2D eigenvalue weighted by atomic mass is 32.2. The second-order valence-electron chi connectivity index (χ2n) is 10.2. The van der Waals surface area contributed by atoms with E-state index in [4.69, 9.17) is 0 Å². The predicted octanol–water partition coefficient (Wildman–Crippen LogP) is 4.88. The summed E-state index contributed by atoms with van der Waals surface area (Å²) in [4.78, 5) is 6.82. The number of nitrogens with zero attached hydrogens (tertiary/aromatic N) is 5. The van der Waals surface area contributed by atoms with Crippen molar-refractivity contribution in [3.8, 4) is 5.69 Å². The number of piperazine rings is 1. The predicted molar refractivity (Wildman–Crippen MR) is 143 cm³/mol. The third-order valence-electron chi connectivity index (χ3n) is 6.96. The van der Waals surface area contributed by atoms with Crippen molar-refractivity contribution in [2.75, 3.05) is 26.2 Å². The maximum Gasteiger partial charge on any atom is 0.244 e. The average Bonchev–Trinajstić information content (AvgIpc) is 3.27. The van der Waals surface area contributed by atoms with Crippen LogP contribution in [-0.4, -0.2) is 58.6 Å². The maximum atomic E-state index is 13.5. The summed E-state index contributed by atoms with van der Waals surface area (Å²) in [6.07, 6.45) is 3.25. The van der Waals surface area contributed by atoms with Gasteiger partial charge in [0.2, 0.25) is 10.0 Å². The fraction of sp³-hybridized carbons (Fsp3) is 0.357. The molecule has 7 nitrogen and oxygen atoms in total. The molecular formula is C28H32FN5O2S. The van der Waals surface area contributed by atoms with Crippen molar-refractivity contribution >= 4 is 20.9 Å². The van der Waals surface area contributed by atoms with Gasteiger partial charge in [-0.15, -0.1) is 0 Å². The number of halogens is 1. The van der Waals surface area contributed by atoms with E-state index < -0.39 is 10.0 Å². The Labute approximate surface area is 217 Å². The Kier molecular flexibility index (Phi) is 6.87. The molecule has 0 saturated carbocycles. The molecule has 1 atom stereocenters. The Balaban J connectivity index is 1.52. The molecule has 2 aromatic carbocycles. The molecule has 194 valence electrons. The van der Waals surface area contributed by atoms with Gasteiger partial charge in [-0.25, -0.2) is 17.5 Å². The Hall–Kier alpha value is -3.14. The van der Waals surface area contributed by atoms with Crippen molar-refractivity contribution in [3.05, 3.63) is 83.6 Å². The molecule has 1 aliphatic heterocycles. The van der Waals surface area contributed by atoms with E-state index in [-0.39, 0.29) is 16.8 Å². The molecule has 1 saturated heterocycles. The average molecular weight is 522 g/mol. The first kappa shape index (κ1) is 25.5. The van der Waals surface area contributed by atoms with E-state index in [1.807, 2.05) is 13.1 Å². The normalized spacial score (nSPS) is 17.6. The molecule has 3 heterocycles. The summed E-state index contributed by atoms with van der Waals surface area (Å²) in [5.41, 5.74) is 4.64. The summed E-state index contributed by atoms with van der Waals surface area (Å²) in [7, 11) is -3.67. The van der Waals surface area contributed by atoms with Crippen molar-refractivity contribution < 1.29 is 12.8 Å². The van der Waals surface area contributed by atoms with Gasteiger partial charge in [0.25, 0.3) is 0 Å². The molecule has 4 aromatic rings. The smallest absolute Gasteiger partial charge is 0.244 e. The molecule has 1 aliphatic rings. The van der Waals surface area contributed by atoms with Crippen LogP contribution in [-0.2, 0) is 10.0 Å². The Bertz CT molecular complexity index is 1510. The second-order valence-corrected chi connectivity index (χ2v) is 12.1. The van der Waals surface area contributed by atoms with E-state index in [0.717, 1.165) is 40.0 Å². The van der Waals surface area contributed by atoms with Crippen molar-refractivity contribution in [1.29, 1.82) is 0 Å². The Morgan fingerprint density at radius 2 is 1.78 bits per heavy atom. The van der Waals surface area contributed by atoms with Crippen LogP contribution in [0.1, 0.15) is 36.7 Å². The quantitative estimate of drug-likeness (QED) is 0.362. The fourth-order valence-corrected chi connectivity index (χ4v) is 6.48. The molecule has 0 amide bonds. The number of pyridine rings is 1. The second kappa shape index (κ2) is 9.96. The molecule has 5 rings (SSSR count). The summed E-state index contributed by atoms with van der Waals surface area (Å²) < 4.78 is 43.9. The lowest BCUT2D eigenvalue weighted by Gasteiger charge is -2.42. The molecule has 0 radical (unpaired) electrons. The lowest BCUT2D eigenvalue weighted by Crippen LogP contribution is -2.51. The largest absolute Gasteiger partial charge is 0.293 e. The van der Waals surface area contributed by atoms with Crippen LogP contribution in [0.4, 0.5) is 4.39 Å². The van der Waals surface area contributed by atoms with Gasteiger partial charge in [-0.05, 0) is 79.4 Å². The van der Waals surface area contributed by atoms with Gasteiger partial charge in [0, 0.05) is 49.5 Å². The van der Waals surface area contributed by atoms with Gasteiger partial charge < -0.3 is 0 Å². The molecule has 9 heteroatoms. The molecule has 1 fully saturated rings. The topological polar surface area (TPSA) is 71.3 Å². The zero-order valence-corrected chi connectivity index (χ0v) is 22.4. The Morgan fingerprint density at radius 1 is 1.03 bits per heavy atom. The number of fused-ring (bicyclic) bond motifs is 1. The van der Waals surface area contributed by atoms with Gasteiger partial charge in [0.05, 0.1) is 17.4 Å². The van der Waals surface area contributed by atoms with Crippen LogP contribution in [0.25, 0.3) is 16.6 Å². The van der Waals surface area contributed by atoms with Crippen molar-refractivity contribution in [2.45, 2.75) is 38.6 Å². The van der Waals surface area contributed by atoms with E-state index in [2.05, 4.69) is 47.9 Å². The molecular weight excluding hydrogens is 489 g/mol. The van der Waals surface area contributed by atoms with Crippen LogP contribution in [0.3, 0.4) is 0 Å². The highest BCUT2D eigenvalue weighted by Gasteiger charge is 2.36. The summed E-state index contributed by atoms with van der Waals surface area (Å²) in [6.45, 7) is 10.6. The molecule has 37 heavy (non-hydrogen) atoms. The zero-order valence-electron chi connectivity index (χ0n) is 21.6. The lowest BCUT2D eigenvalue weighted by molar-refractivity contribution is 0.105. The monoisotopic (exact) mass is 521 g/mol. The lowest BCUT2D eigenvalue weighted by atomic mass is 9.96. The third kappa shape index (κ3) is 5.03. The van der Waals surface area contributed by atoms with Gasteiger partial charge in [-0.2, -0.15) is 9.40 Å². The number of rotatable bonds is 6. The summed E-state index contributed by atoms with van der Waals surface area (Å²) in [5.74, 6) is 0.152. The third-order valence-corrected chi connectivity index (χ3v) is 8.81.